The van der Waals surface area contributed by atoms with Gasteiger partial charge in [0.15, 0.2) is 0 Å². The maximum absolute atomic E-state index is 12.1. The van der Waals surface area contributed by atoms with Crippen molar-refractivity contribution < 1.29 is 4.79 Å². The van der Waals surface area contributed by atoms with Crippen LogP contribution in [0.5, 0.6) is 0 Å². The number of carbonyl (C=O) groups excluding carboxylic acids is 1. The van der Waals surface area contributed by atoms with Gasteiger partial charge in [-0.1, -0.05) is 36.8 Å². The Bertz CT molecular complexity index is 1210. The number of hydrogen-bond donors (Lipinski definition) is 1. The molecule has 0 spiro atoms. The van der Waals surface area contributed by atoms with Crippen molar-refractivity contribution in [3.63, 3.8) is 0 Å². The quantitative estimate of drug-likeness (QED) is 0.503. The monoisotopic (exact) mass is 368 g/mol. The predicted molar refractivity (Wildman–Crippen MR) is 117 cm³/mol. The first-order chi connectivity index (χ1) is 13.7. The van der Waals surface area contributed by atoms with Crippen molar-refractivity contribution in [1.82, 2.24) is 4.90 Å². The highest BCUT2D eigenvalue weighted by molar-refractivity contribution is 6.08. The first kappa shape index (κ1) is 17.2. The summed E-state index contributed by atoms with van der Waals surface area (Å²) < 4.78 is 0. The van der Waals surface area contributed by atoms with E-state index in [1.165, 1.54) is 46.2 Å². The molecule has 3 nitrogen and oxygen atoms in total. The van der Waals surface area contributed by atoms with Crippen molar-refractivity contribution in [1.29, 1.82) is 0 Å². The lowest BCUT2D eigenvalue weighted by atomic mass is 9.93. The van der Waals surface area contributed by atoms with Gasteiger partial charge in [0.25, 0.3) is 0 Å². The third kappa shape index (κ3) is 3.02. The van der Waals surface area contributed by atoms with Gasteiger partial charge in [-0.3, -0.25) is 9.69 Å². The van der Waals surface area contributed by atoms with Crippen LogP contribution in [0.4, 0.5) is 0 Å². The number of amides is 1. The van der Waals surface area contributed by atoms with Gasteiger partial charge in [0, 0.05) is 12.1 Å². The number of fused-ring (bicyclic) bond motifs is 3. The molecule has 0 atom stereocenters. The largest absolute Gasteiger partial charge is 0.366 e. The molecule has 4 aromatic carbocycles. The molecule has 3 heteroatoms. The molecule has 0 bridgehead atoms. The molecular formula is C25H24N2O. The van der Waals surface area contributed by atoms with Crippen LogP contribution < -0.4 is 5.73 Å². The van der Waals surface area contributed by atoms with E-state index in [4.69, 9.17) is 5.73 Å². The minimum atomic E-state index is -0.340. The van der Waals surface area contributed by atoms with Crippen molar-refractivity contribution in [3.05, 3.63) is 71.8 Å². The Labute approximate surface area is 164 Å². The van der Waals surface area contributed by atoms with Crippen molar-refractivity contribution in [3.8, 4) is 0 Å². The minimum Gasteiger partial charge on any atom is -0.366 e. The molecule has 0 unspecified atom stereocenters. The van der Waals surface area contributed by atoms with Crippen LogP contribution in [0.2, 0.25) is 0 Å². The lowest BCUT2D eigenvalue weighted by molar-refractivity contribution is 0.0998. The summed E-state index contributed by atoms with van der Waals surface area (Å²) in [6.07, 6.45) is 3.75. The van der Waals surface area contributed by atoms with Gasteiger partial charge in [-0.15, -0.1) is 0 Å². The lowest BCUT2D eigenvalue weighted by Gasteiger charge is -2.27. The van der Waals surface area contributed by atoms with Gasteiger partial charge >= 0.3 is 0 Å². The molecule has 0 saturated carbocycles. The molecule has 1 fully saturated rings. The second-order valence-electron chi connectivity index (χ2n) is 7.91. The number of rotatable bonds is 3. The van der Waals surface area contributed by atoms with Crippen LogP contribution in [0.1, 0.15) is 35.2 Å². The van der Waals surface area contributed by atoms with Gasteiger partial charge < -0.3 is 5.73 Å². The number of benzene rings is 4. The maximum Gasteiger partial charge on any atom is 0.249 e. The Kier molecular flexibility index (Phi) is 4.25. The molecule has 1 heterocycles. The fraction of sp³-hybridized carbons (Fsp3) is 0.240. The molecule has 0 aliphatic carbocycles. The Morgan fingerprint density at radius 3 is 2.11 bits per heavy atom. The number of nitrogens with zero attached hydrogens (tertiary/aromatic N) is 1. The first-order valence-electron chi connectivity index (χ1n) is 10.1. The summed E-state index contributed by atoms with van der Waals surface area (Å²) in [6, 6.07) is 21.3. The smallest absolute Gasteiger partial charge is 0.249 e. The number of hydrogen-bond acceptors (Lipinski definition) is 2. The molecule has 28 heavy (non-hydrogen) atoms. The Balaban J connectivity index is 1.73. The van der Waals surface area contributed by atoms with Gasteiger partial charge in [-0.2, -0.15) is 0 Å². The second-order valence-corrected chi connectivity index (χ2v) is 7.91. The summed E-state index contributed by atoms with van der Waals surface area (Å²) in [5.74, 6) is -0.340. The number of piperidine rings is 1. The third-order valence-corrected chi connectivity index (χ3v) is 6.05. The van der Waals surface area contributed by atoms with Crippen molar-refractivity contribution in [2.24, 2.45) is 5.73 Å². The number of nitrogens with two attached hydrogens (primary N) is 1. The summed E-state index contributed by atoms with van der Waals surface area (Å²) in [5.41, 5.74) is 7.46. The maximum atomic E-state index is 12.1. The molecule has 5 rings (SSSR count). The van der Waals surface area contributed by atoms with Gasteiger partial charge in [0.2, 0.25) is 5.91 Å². The topological polar surface area (TPSA) is 46.3 Å². The molecule has 1 amide bonds. The zero-order valence-electron chi connectivity index (χ0n) is 15.9. The third-order valence-electron chi connectivity index (χ3n) is 6.05. The van der Waals surface area contributed by atoms with E-state index in [0.717, 1.165) is 30.6 Å². The minimum absolute atomic E-state index is 0.340. The van der Waals surface area contributed by atoms with Crippen LogP contribution in [0.15, 0.2) is 60.7 Å². The summed E-state index contributed by atoms with van der Waals surface area (Å²) >= 11 is 0. The van der Waals surface area contributed by atoms with E-state index in [9.17, 15) is 4.79 Å². The average molecular weight is 368 g/mol. The molecule has 0 aromatic heterocycles. The second kappa shape index (κ2) is 6.92. The van der Waals surface area contributed by atoms with Gasteiger partial charge in [0.05, 0.1) is 0 Å². The standard InChI is InChI=1S/C25H24N2O/c26-25(28)22-9-8-19-14-20-12-17-6-2-3-7-18(17)13-21(20)15-23(19)24(22)16-27-10-4-1-5-11-27/h2-3,6-9,12-15H,1,4-5,10-11,16H2,(H2,26,28). The number of primary amides is 1. The molecular weight excluding hydrogens is 344 g/mol. The molecule has 1 aliphatic rings. The van der Waals surface area contributed by atoms with E-state index < -0.39 is 0 Å². The van der Waals surface area contributed by atoms with E-state index in [-0.39, 0.29) is 5.91 Å². The van der Waals surface area contributed by atoms with Crippen molar-refractivity contribution in [2.45, 2.75) is 25.8 Å². The first-order valence-corrected chi connectivity index (χ1v) is 10.1. The molecule has 1 saturated heterocycles. The normalized spacial score (nSPS) is 15.4. The van der Waals surface area contributed by atoms with E-state index in [1.54, 1.807) is 0 Å². The molecule has 140 valence electrons. The zero-order chi connectivity index (χ0) is 19.1. The van der Waals surface area contributed by atoms with Crippen LogP contribution in [0, 0.1) is 0 Å². The van der Waals surface area contributed by atoms with Crippen LogP contribution >= 0.6 is 0 Å². The lowest BCUT2D eigenvalue weighted by Crippen LogP contribution is -2.30. The van der Waals surface area contributed by atoms with Crippen LogP contribution in [-0.4, -0.2) is 23.9 Å². The Morgan fingerprint density at radius 1 is 0.786 bits per heavy atom. The van der Waals surface area contributed by atoms with Gasteiger partial charge in [0.1, 0.15) is 0 Å². The molecule has 0 radical (unpaired) electrons. The van der Waals surface area contributed by atoms with Crippen molar-refractivity contribution in [2.75, 3.05) is 13.1 Å². The summed E-state index contributed by atoms with van der Waals surface area (Å²) in [7, 11) is 0. The molecule has 4 aromatic rings. The number of carbonyl (C=O) groups is 1. The van der Waals surface area contributed by atoms with Gasteiger partial charge in [-0.25, -0.2) is 0 Å². The predicted octanol–water partition coefficient (Wildman–Crippen LogP) is 5.23. The Hall–Kier alpha value is -2.91. The number of likely N-dealkylation sites (tertiary alicyclic amines) is 1. The Morgan fingerprint density at radius 2 is 1.43 bits per heavy atom. The summed E-state index contributed by atoms with van der Waals surface area (Å²) in [6.45, 7) is 2.97. The highest BCUT2D eigenvalue weighted by Gasteiger charge is 2.17. The summed E-state index contributed by atoms with van der Waals surface area (Å²) in [4.78, 5) is 14.6. The average Bonchev–Trinajstić information content (AvgIpc) is 2.71. The fourth-order valence-corrected chi connectivity index (χ4v) is 4.57. The fourth-order valence-electron chi connectivity index (χ4n) is 4.57. The van der Waals surface area contributed by atoms with E-state index in [0.29, 0.717) is 5.56 Å². The highest BCUT2D eigenvalue weighted by Crippen LogP contribution is 2.31. The SMILES string of the molecule is NC(=O)c1ccc2cc3cc4ccccc4cc3cc2c1CN1CCCCC1. The van der Waals surface area contributed by atoms with Crippen molar-refractivity contribution >= 4 is 38.2 Å². The van der Waals surface area contributed by atoms with Gasteiger partial charge in [-0.05, 0) is 94.1 Å². The van der Waals surface area contributed by atoms with Crippen LogP contribution in [-0.2, 0) is 6.54 Å². The van der Waals surface area contributed by atoms with Crippen LogP contribution in [0.3, 0.4) is 0 Å². The molecule has 2 N–H and O–H groups in total. The van der Waals surface area contributed by atoms with Crippen LogP contribution in [0.25, 0.3) is 32.3 Å². The van der Waals surface area contributed by atoms with E-state index in [1.807, 2.05) is 12.1 Å². The zero-order valence-corrected chi connectivity index (χ0v) is 15.9. The van der Waals surface area contributed by atoms with E-state index >= 15 is 0 Å². The molecule has 1 aliphatic heterocycles. The summed E-state index contributed by atoms with van der Waals surface area (Å²) in [5, 5.41) is 7.22. The van der Waals surface area contributed by atoms with E-state index in [2.05, 4.69) is 53.4 Å². The highest BCUT2D eigenvalue weighted by atomic mass is 16.1.